The van der Waals surface area contributed by atoms with Gasteiger partial charge in [-0.25, -0.2) is 8.78 Å². The molecule has 0 radical (unpaired) electrons. The first kappa shape index (κ1) is 55.2. The number of amides is 5. The van der Waals surface area contributed by atoms with Crippen LogP contribution < -0.4 is 5.32 Å². The summed E-state index contributed by atoms with van der Waals surface area (Å²) in [7, 11) is 6.06. The summed E-state index contributed by atoms with van der Waals surface area (Å²) in [4.78, 5) is 93.3. The van der Waals surface area contributed by atoms with Crippen molar-refractivity contribution in [1.29, 1.82) is 0 Å². The first-order chi connectivity index (χ1) is 31.4. The molecule has 4 rings (SSSR count). The van der Waals surface area contributed by atoms with Gasteiger partial charge in [-0.3, -0.25) is 33.7 Å². The molecule has 2 saturated carbocycles. The number of benzene rings is 1. The molecule has 1 aromatic carbocycles. The number of halogens is 5. The maximum Gasteiger partial charge on any atom is 0.422 e. The number of alkyl halides is 3. The van der Waals surface area contributed by atoms with Gasteiger partial charge in [0.1, 0.15) is 46.5 Å². The van der Waals surface area contributed by atoms with Gasteiger partial charge in [0, 0.05) is 34.7 Å². The van der Waals surface area contributed by atoms with Gasteiger partial charge < -0.3 is 29.7 Å². The topological polar surface area (TPSA) is 140 Å². The molecule has 0 spiro atoms. The fraction of sp³-hybridized carbons (Fsp3) is 0.755. The number of hydrogen-bond acceptors (Lipinski definition) is 8. The number of carbonyl (C=O) groups excluding carboxylic acids is 6. The molecule has 1 aromatic rings. The molecule has 0 unspecified atom stereocenters. The van der Waals surface area contributed by atoms with Gasteiger partial charge in [-0.05, 0) is 122 Å². The molecular formula is C49H75F5N6O7. The average Bonchev–Trinajstić information content (AvgIpc) is 4.05. The maximum atomic E-state index is 15.0. The number of nitrogens with zero attached hydrogens (tertiary/aromatic N) is 5. The number of carbonyl (C=O) groups is 6. The Morgan fingerprint density at radius 3 is 1.88 bits per heavy atom. The minimum Gasteiger partial charge on any atom is -0.460 e. The van der Waals surface area contributed by atoms with Crippen LogP contribution in [0.25, 0.3) is 0 Å². The predicted molar refractivity (Wildman–Crippen MR) is 243 cm³/mol. The molecule has 1 heterocycles. The van der Waals surface area contributed by atoms with E-state index in [1.165, 1.54) is 40.7 Å². The number of likely N-dealkylation sites (tertiary alicyclic amines) is 1. The number of likely N-dealkylation sites (N-methyl/N-ethyl adjacent to an activating group) is 3. The van der Waals surface area contributed by atoms with Gasteiger partial charge in [0.2, 0.25) is 29.5 Å². The van der Waals surface area contributed by atoms with E-state index in [9.17, 15) is 45.9 Å². The van der Waals surface area contributed by atoms with Gasteiger partial charge in [0.05, 0.1) is 12.5 Å². The molecule has 1 aliphatic heterocycles. The minimum atomic E-state index is -5.22. The summed E-state index contributed by atoms with van der Waals surface area (Å²) in [5.74, 6) is -6.75. The summed E-state index contributed by atoms with van der Waals surface area (Å²) < 4.78 is 75.1. The summed E-state index contributed by atoms with van der Waals surface area (Å²) in [6, 6.07) is -2.73. The Morgan fingerprint density at radius 2 is 1.37 bits per heavy atom. The highest BCUT2D eigenvalue weighted by atomic mass is 19.4. The standard InChI is InChI=1S/C49H75F5N6O7/c1-10-12-26-59(27-13-11-2)37(23-22-32-29-34(50)40(35(51)30-32)49(52,53)54)44(64)60-28-18-21-36(60)42(62)55-48(24-16-17-25-48)46(66)58(9)41(33-19-14-15-20-33)45(65)57(8)38(43(63)56(6)7)31-39(61)67-47(3,4)5/h29-30,33,36-38,41H,10-28,31H2,1-9H3,(H,55,62)/t36-,37-,38-,41-/m0/s1. The SMILES string of the molecule is CCCCN(CCCC)[C@@H](CCc1cc(F)c(C(F)(F)F)c(F)c1)C(=O)N1CCC[C@H]1C(=O)NC1(C(=O)N(C)[C@H](C(=O)N(C)[C@@H](CC(=O)OC(C)(C)C)C(=O)N(C)C)C2CCCC2)CCCC1. The minimum absolute atomic E-state index is 0.0262. The number of aryl methyl sites for hydroxylation is 1. The Bertz CT molecular complexity index is 1860. The van der Waals surface area contributed by atoms with Gasteiger partial charge >= 0.3 is 12.1 Å². The van der Waals surface area contributed by atoms with Gasteiger partial charge in [-0.15, -0.1) is 0 Å². The summed E-state index contributed by atoms with van der Waals surface area (Å²) in [5, 5.41) is 3.08. The Balaban J connectivity index is 1.63. The monoisotopic (exact) mass is 955 g/mol. The smallest absolute Gasteiger partial charge is 0.422 e. The van der Waals surface area contributed by atoms with E-state index in [-0.39, 0.29) is 49.6 Å². The molecular weight excluding hydrogens is 880 g/mol. The second kappa shape index (κ2) is 23.8. The molecule has 1 saturated heterocycles. The van der Waals surface area contributed by atoms with Crippen molar-refractivity contribution < 1.29 is 55.5 Å². The molecule has 67 heavy (non-hydrogen) atoms. The van der Waals surface area contributed by atoms with E-state index in [4.69, 9.17) is 4.74 Å². The molecule has 3 fully saturated rings. The van der Waals surface area contributed by atoms with E-state index < -0.39 is 94.7 Å². The first-order valence-corrected chi connectivity index (χ1v) is 24.3. The highest BCUT2D eigenvalue weighted by Crippen LogP contribution is 2.38. The van der Waals surface area contributed by atoms with Gasteiger partial charge in [-0.2, -0.15) is 13.2 Å². The van der Waals surface area contributed by atoms with Crippen LogP contribution in [0.4, 0.5) is 22.0 Å². The molecule has 13 nitrogen and oxygen atoms in total. The van der Waals surface area contributed by atoms with Crippen LogP contribution >= 0.6 is 0 Å². The van der Waals surface area contributed by atoms with Crippen molar-refractivity contribution in [2.75, 3.05) is 47.8 Å². The van der Waals surface area contributed by atoms with Crippen LogP contribution in [0.2, 0.25) is 0 Å². The fourth-order valence-electron chi connectivity index (χ4n) is 10.1. The predicted octanol–water partition coefficient (Wildman–Crippen LogP) is 7.27. The van der Waals surface area contributed by atoms with Crippen molar-refractivity contribution in [3.63, 3.8) is 0 Å². The number of rotatable bonds is 21. The summed E-state index contributed by atoms with van der Waals surface area (Å²) >= 11 is 0. The van der Waals surface area contributed by atoms with Crippen LogP contribution in [0, 0.1) is 17.6 Å². The molecule has 1 N–H and O–H groups in total. The number of esters is 1. The molecule has 0 bridgehead atoms. The lowest BCUT2D eigenvalue weighted by Gasteiger charge is -2.42. The zero-order chi connectivity index (χ0) is 50.0. The normalized spacial score (nSPS) is 19.0. The third-order valence-electron chi connectivity index (χ3n) is 13.6. The Morgan fingerprint density at radius 1 is 0.806 bits per heavy atom. The molecule has 0 aromatic heterocycles. The van der Waals surface area contributed by atoms with Crippen molar-refractivity contribution in [1.82, 2.24) is 29.8 Å². The zero-order valence-electron chi connectivity index (χ0n) is 41.2. The lowest BCUT2D eigenvalue weighted by Crippen LogP contribution is -2.65. The van der Waals surface area contributed by atoms with E-state index in [1.54, 1.807) is 27.8 Å². The van der Waals surface area contributed by atoms with Crippen molar-refractivity contribution in [2.45, 2.75) is 185 Å². The van der Waals surface area contributed by atoms with Crippen LogP contribution in [-0.2, 0) is 46.1 Å². The van der Waals surface area contributed by atoms with Crippen molar-refractivity contribution in [3.8, 4) is 0 Å². The maximum absolute atomic E-state index is 15.0. The Kier molecular flexibility index (Phi) is 19.6. The quantitative estimate of drug-likeness (QED) is 0.100. The molecule has 2 aliphatic carbocycles. The number of hydrogen-bond donors (Lipinski definition) is 1. The number of nitrogens with one attached hydrogen (secondary N) is 1. The first-order valence-electron chi connectivity index (χ1n) is 24.3. The lowest BCUT2D eigenvalue weighted by atomic mass is 9.90. The summed E-state index contributed by atoms with van der Waals surface area (Å²) in [5.41, 5.74) is -4.24. The number of unbranched alkanes of at least 4 members (excludes halogenated alkanes) is 2. The van der Waals surface area contributed by atoms with Gasteiger partial charge in [-0.1, -0.05) is 52.4 Å². The molecule has 378 valence electrons. The van der Waals surface area contributed by atoms with Crippen LogP contribution in [0.1, 0.15) is 148 Å². The van der Waals surface area contributed by atoms with Crippen molar-refractivity contribution in [2.24, 2.45) is 5.92 Å². The van der Waals surface area contributed by atoms with Crippen LogP contribution in [0.3, 0.4) is 0 Å². The molecule has 3 aliphatic rings. The second-order valence-corrected chi connectivity index (χ2v) is 20.1. The van der Waals surface area contributed by atoms with Crippen molar-refractivity contribution >= 4 is 35.5 Å². The van der Waals surface area contributed by atoms with E-state index in [1.807, 2.05) is 18.7 Å². The van der Waals surface area contributed by atoms with E-state index >= 15 is 4.79 Å². The Labute approximate surface area is 393 Å². The summed E-state index contributed by atoms with van der Waals surface area (Å²) in [6.45, 7) is 10.4. The van der Waals surface area contributed by atoms with Crippen LogP contribution in [-0.4, -0.2) is 143 Å². The lowest BCUT2D eigenvalue weighted by molar-refractivity contribution is -0.161. The third-order valence-corrected chi connectivity index (χ3v) is 13.6. The van der Waals surface area contributed by atoms with Gasteiger partial charge in [0.15, 0.2) is 0 Å². The van der Waals surface area contributed by atoms with E-state index in [2.05, 4.69) is 5.32 Å². The van der Waals surface area contributed by atoms with E-state index in [0.717, 1.165) is 38.5 Å². The van der Waals surface area contributed by atoms with Crippen molar-refractivity contribution in [3.05, 3.63) is 34.9 Å². The second-order valence-electron chi connectivity index (χ2n) is 20.1. The molecule has 5 amide bonds. The number of ether oxygens (including phenoxy) is 1. The zero-order valence-corrected chi connectivity index (χ0v) is 41.2. The van der Waals surface area contributed by atoms with Gasteiger partial charge in [0.25, 0.3) is 0 Å². The Hall–Kier alpha value is -4.35. The largest absolute Gasteiger partial charge is 0.460 e. The van der Waals surface area contributed by atoms with Crippen LogP contribution in [0.5, 0.6) is 0 Å². The third kappa shape index (κ3) is 14.1. The highest BCUT2D eigenvalue weighted by Gasteiger charge is 2.51. The fourth-order valence-corrected chi connectivity index (χ4v) is 10.1. The highest BCUT2D eigenvalue weighted by molar-refractivity contribution is 5.98. The summed E-state index contributed by atoms with van der Waals surface area (Å²) in [6.07, 6.45) is 2.93. The van der Waals surface area contributed by atoms with Crippen LogP contribution in [0.15, 0.2) is 12.1 Å². The molecule has 4 atom stereocenters. The molecule has 18 heteroatoms. The average molecular weight is 955 g/mol. The van der Waals surface area contributed by atoms with E-state index in [0.29, 0.717) is 63.7 Å².